The summed E-state index contributed by atoms with van der Waals surface area (Å²) in [6.07, 6.45) is 3.53. The molecule has 29 heavy (non-hydrogen) atoms. The first-order valence-electron chi connectivity index (χ1n) is 10.2. The minimum atomic E-state index is -0.207. The molecule has 0 atom stereocenters. The standard InChI is InChI=1S/C24H25NO4/c1-4-25(5-2)18-10-6-16(7-11-18)14-21-22(26)19-12-13-20(15(3)23(19)28-21)29-24(27)17-8-9-17/h6-7,10-14,17H,4-5,8-9H2,1-3H3/b21-14-. The van der Waals surface area contributed by atoms with Gasteiger partial charge in [-0.3, -0.25) is 9.59 Å². The third-order valence-electron chi connectivity index (χ3n) is 5.48. The molecule has 0 bridgehead atoms. The van der Waals surface area contributed by atoms with Crippen molar-refractivity contribution in [2.75, 3.05) is 18.0 Å². The van der Waals surface area contributed by atoms with Crippen LogP contribution in [-0.2, 0) is 4.79 Å². The van der Waals surface area contributed by atoms with Gasteiger partial charge in [-0.05, 0) is 69.5 Å². The van der Waals surface area contributed by atoms with Gasteiger partial charge in [-0.15, -0.1) is 0 Å². The molecule has 1 heterocycles. The maximum absolute atomic E-state index is 12.8. The van der Waals surface area contributed by atoms with E-state index in [-0.39, 0.29) is 23.4 Å². The number of carbonyl (C=O) groups is 2. The van der Waals surface area contributed by atoms with Crippen molar-refractivity contribution in [2.45, 2.75) is 33.6 Å². The van der Waals surface area contributed by atoms with E-state index in [0.717, 1.165) is 37.2 Å². The topological polar surface area (TPSA) is 55.8 Å². The first kappa shape index (κ1) is 19.2. The molecule has 0 saturated heterocycles. The van der Waals surface area contributed by atoms with Crippen molar-refractivity contribution in [3.63, 3.8) is 0 Å². The number of rotatable bonds is 6. The summed E-state index contributed by atoms with van der Waals surface area (Å²) in [6.45, 7) is 7.95. The van der Waals surface area contributed by atoms with E-state index in [9.17, 15) is 9.59 Å². The number of ketones is 1. The Morgan fingerprint density at radius 2 is 1.83 bits per heavy atom. The molecule has 0 aromatic heterocycles. The Morgan fingerprint density at radius 3 is 2.45 bits per heavy atom. The van der Waals surface area contributed by atoms with Crippen LogP contribution in [0.5, 0.6) is 11.5 Å². The fraction of sp³-hybridized carbons (Fsp3) is 0.333. The fourth-order valence-electron chi connectivity index (χ4n) is 3.51. The third-order valence-corrected chi connectivity index (χ3v) is 5.48. The quantitative estimate of drug-likeness (QED) is 0.403. The largest absolute Gasteiger partial charge is 0.452 e. The van der Waals surface area contributed by atoms with E-state index in [1.807, 2.05) is 31.2 Å². The van der Waals surface area contributed by atoms with E-state index in [2.05, 4.69) is 18.7 Å². The number of esters is 1. The molecule has 2 aromatic rings. The van der Waals surface area contributed by atoms with Gasteiger partial charge in [0.05, 0.1) is 11.5 Å². The van der Waals surface area contributed by atoms with Crippen molar-refractivity contribution >= 4 is 23.5 Å². The molecular weight excluding hydrogens is 366 g/mol. The summed E-state index contributed by atoms with van der Waals surface area (Å²) >= 11 is 0. The van der Waals surface area contributed by atoms with Crippen molar-refractivity contribution in [2.24, 2.45) is 5.92 Å². The molecular formula is C24H25NO4. The highest BCUT2D eigenvalue weighted by atomic mass is 16.5. The molecule has 1 aliphatic carbocycles. The zero-order valence-corrected chi connectivity index (χ0v) is 17.0. The summed E-state index contributed by atoms with van der Waals surface area (Å²) in [5, 5.41) is 0. The van der Waals surface area contributed by atoms with Crippen molar-refractivity contribution in [1.82, 2.24) is 0 Å². The molecule has 2 aliphatic rings. The number of fused-ring (bicyclic) bond motifs is 1. The second-order valence-corrected chi connectivity index (χ2v) is 7.46. The van der Waals surface area contributed by atoms with Crippen LogP contribution in [0.4, 0.5) is 5.69 Å². The van der Waals surface area contributed by atoms with E-state index in [1.54, 1.807) is 18.2 Å². The van der Waals surface area contributed by atoms with Crippen LogP contribution in [0.2, 0.25) is 0 Å². The molecule has 0 radical (unpaired) electrons. The van der Waals surface area contributed by atoms with Crippen LogP contribution in [0, 0.1) is 12.8 Å². The lowest BCUT2D eigenvalue weighted by atomic mass is 10.1. The van der Waals surface area contributed by atoms with Crippen molar-refractivity contribution in [1.29, 1.82) is 0 Å². The number of anilines is 1. The summed E-state index contributed by atoms with van der Waals surface area (Å²) in [5.74, 6) is 0.863. The van der Waals surface area contributed by atoms with Crippen LogP contribution in [0.25, 0.3) is 6.08 Å². The number of hydrogen-bond donors (Lipinski definition) is 0. The average Bonchev–Trinajstić information content (AvgIpc) is 3.53. The van der Waals surface area contributed by atoms with Crippen LogP contribution < -0.4 is 14.4 Å². The van der Waals surface area contributed by atoms with Crippen LogP contribution >= 0.6 is 0 Å². The molecule has 0 amide bonds. The van der Waals surface area contributed by atoms with Crippen molar-refractivity contribution in [3.05, 3.63) is 58.8 Å². The van der Waals surface area contributed by atoms with Gasteiger partial charge in [0.25, 0.3) is 0 Å². The Kier molecular flexibility index (Phi) is 5.14. The van der Waals surface area contributed by atoms with E-state index < -0.39 is 0 Å². The summed E-state index contributed by atoms with van der Waals surface area (Å²) < 4.78 is 11.4. The van der Waals surface area contributed by atoms with E-state index in [0.29, 0.717) is 22.6 Å². The number of nitrogens with zero attached hydrogens (tertiary/aromatic N) is 1. The second kappa shape index (κ2) is 7.74. The molecule has 5 nitrogen and oxygen atoms in total. The summed E-state index contributed by atoms with van der Waals surface area (Å²) in [4.78, 5) is 27.0. The number of allylic oxidation sites excluding steroid dienone is 1. The van der Waals surface area contributed by atoms with Crippen LogP contribution in [0.1, 0.15) is 48.2 Å². The van der Waals surface area contributed by atoms with Crippen LogP contribution in [-0.4, -0.2) is 24.8 Å². The maximum atomic E-state index is 12.8. The molecule has 0 spiro atoms. The highest BCUT2D eigenvalue weighted by molar-refractivity contribution is 6.15. The summed E-state index contributed by atoms with van der Waals surface area (Å²) in [7, 11) is 0. The predicted molar refractivity (Wildman–Crippen MR) is 112 cm³/mol. The predicted octanol–water partition coefficient (Wildman–Crippen LogP) is 4.77. The van der Waals surface area contributed by atoms with E-state index in [1.165, 1.54) is 0 Å². The lowest BCUT2D eigenvalue weighted by Crippen LogP contribution is -2.21. The molecule has 1 fully saturated rings. The van der Waals surface area contributed by atoms with Gasteiger partial charge < -0.3 is 14.4 Å². The van der Waals surface area contributed by atoms with Gasteiger partial charge in [-0.2, -0.15) is 0 Å². The van der Waals surface area contributed by atoms with Crippen molar-refractivity contribution in [3.8, 4) is 11.5 Å². The minimum absolute atomic E-state index is 0.0139. The highest BCUT2D eigenvalue weighted by Gasteiger charge is 2.34. The van der Waals surface area contributed by atoms with E-state index >= 15 is 0 Å². The Bertz CT molecular complexity index is 983. The number of Topliss-reactive ketones (excluding diaryl/α,β-unsaturated/α-hetero) is 1. The van der Waals surface area contributed by atoms with Crippen LogP contribution in [0.15, 0.2) is 42.2 Å². The molecule has 4 rings (SSSR count). The molecule has 1 saturated carbocycles. The van der Waals surface area contributed by atoms with Gasteiger partial charge >= 0.3 is 5.97 Å². The Hall–Kier alpha value is -3.08. The average molecular weight is 391 g/mol. The lowest BCUT2D eigenvalue weighted by Gasteiger charge is -2.20. The lowest BCUT2D eigenvalue weighted by molar-refractivity contribution is -0.135. The first-order valence-corrected chi connectivity index (χ1v) is 10.2. The minimum Gasteiger partial charge on any atom is -0.452 e. The highest BCUT2D eigenvalue weighted by Crippen LogP contribution is 2.40. The molecule has 2 aromatic carbocycles. The summed E-state index contributed by atoms with van der Waals surface area (Å²) in [6, 6.07) is 11.4. The fourth-order valence-corrected chi connectivity index (χ4v) is 3.51. The maximum Gasteiger partial charge on any atom is 0.314 e. The Morgan fingerprint density at radius 1 is 1.14 bits per heavy atom. The Labute approximate surface area is 170 Å². The third kappa shape index (κ3) is 3.77. The van der Waals surface area contributed by atoms with Crippen molar-refractivity contribution < 1.29 is 19.1 Å². The van der Waals surface area contributed by atoms with Gasteiger partial charge in [-0.1, -0.05) is 12.1 Å². The first-order chi connectivity index (χ1) is 14.0. The molecule has 5 heteroatoms. The van der Waals surface area contributed by atoms with Gasteiger partial charge in [0, 0.05) is 24.3 Å². The van der Waals surface area contributed by atoms with E-state index in [4.69, 9.17) is 9.47 Å². The molecule has 150 valence electrons. The molecule has 0 unspecified atom stereocenters. The number of benzene rings is 2. The smallest absolute Gasteiger partial charge is 0.314 e. The van der Waals surface area contributed by atoms with Gasteiger partial charge in [0.2, 0.25) is 5.78 Å². The zero-order valence-electron chi connectivity index (χ0n) is 17.0. The number of hydrogen-bond acceptors (Lipinski definition) is 5. The Balaban J connectivity index is 1.56. The van der Waals surface area contributed by atoms with Gasteiger partial charge in [-0.25, -0.2) is 0 Å². The second-order valence-electron chi connectivity index (χ2n) is 7.46. The normalized spacial score (nSPS) is 16.5. The monoisotopic (exact) mass is 391 g/mol. The molecule has 1 aliphatic heterocycles. The zero-order chi connectivity index (χ0) is 20.5. The van der Waals surface area contributed by atoms with Gasteiger partial charge in [0.15, 0.2) is 5.76 Å². The van der Waals surface area contributed by atoms with Crippen LogP contribution in [0.3, 0.4) is 0 Å². The van der Waals surface area contributed by atoms with Gasteiger partial charge in [0.1, 0.15) is 11.5 Å². The molecule has 0 N–H and O–H groups in total. The summed E-state index contributed by atoms with van der Waals surface area (Å²) in [5.41, 5.74) is 3.22. The SMILES string of the molecule is CCN(CC)c1ccc(/C=C2\Oc3c(ccc(OC(=O)C4CC4)c3C)C2=O)cc1. The number of ether oxygens (including phenoxy) is 2. The number of carbonyl (C=O) groups excluding carboxylic acids is 2.